The average Bonchev–Trinajstić information content (AvgIpc) is 2.40. The molecule has 2 N–H and O–H groups in total. The Morgan fingerprint density at radius 1 is 1.40 bits per heavy atom. The molecule has 114 valence electrons. The van der Waals surface area contributed by atoms with Crippen molar-refractivity contribution in [1.29, 1.82) is 0 Å². The minimum Gasteiger partial charge on any atom is -0.493 e. The number of halogens is 1. The molecule has 0 aromatic heterocycles. The molecule has 0 unspecified atom stereocenters. The summed E-state index contributed by atoms with van der Waals surface area (Å²) in [5, 5.41) is 0. The predicted octanol–water partition coefficient (Wildman–Crippen LogP) is 3.92. The van der Waals surface area contributed by atoms with Gasteiger partial charge in [0.1, 0.15) is 5.75 Å². The fourth-order valence-corrected chi connectivity index (χ4v) is 2.22. The first-order valence-electron chi connectivity index (χ1n) is 7.34. The summed E-state index contributed by atoms with van der Waals surface area (Å²) in [6.45, 7) is 7.66. The van der Waals surface area contributed by atoms with Gasteiger partial charge in [0.25, 0.3) is 0 Å². The van der Waals surface area contributed by atoms with Crippen LogP contribution in [0.15, 0.2) is 22.7 Å². The lowest BCUT2D eigenvalue weighted by Gasteiger charge is -2.24. The molecule has 1 heterocycles. The summed E-state index contributed by atoms with van der Waals surface area (Å²) in [7, 11) is 0. The van der Waals surface area contributed by atoms with Crippen LogP contribution in [0.4, 0.5) is 0 Å². The van der Waals surface area contributed by atoms with Crippen molar-refractivity contribution in [3.8, 4) is 5.75 Å². The maximum Gasteiger partial charge on any atom is 0.123 e. The van der Waals surface area contributed by atoms with Crippen LogP contribution in [0.25, 0.3) is 0 Å². The van der Waals surface area contributed by atoms with Crippen LogP contribution < -0.4 is 10.5 Å². The second kappa shape index (κ2) is 10.2. The Labute approximate surface area is 131 Å². The fraction of sp³-hybridized carbons (Fsp3) is 0.625. The summed E-state index contributed by atoms with van der Waals surface area (Å²) in [5.74, 6) is 1.84. The third-order valence-corrected chi connectivity index (χ3v) is 4.09. The molecular weight excluding hydrogens is 318 g/mol. The van der Waals surface area contributed by atoms with E-state index in [0.29, 0.717) is 13.2 Å². The van der Waals surface area contributed by atoms with Gasteiger partial charge in [0, 0.05) is 16.0 Å². The van der Waals surface area contributed by atoms with Crippen LogP contribution in [0, 0.1) is 12.8 Å². The summed E-state index contributed by atoms with van der Waals surface area (Å²) < 4.78 is 11.6. The van der Waals surface area contributed by atoms with Gasteiger partial charge in [-0.15, -0.1) is 0 Å². The van der Waals surface area contributed by atoms with E-state index in [1.807, 2.05) is 25.1 Å². The van der Waals surface area contributed by atoms with Crippen molar-refractivity contribution in [2.75, 3.05) is 26.4 Å². The van der Waals surface area contributed by atoms with Gasteiger partial charge in [-0.1, -0.05) is 35.3 Å². The number of rotatable bonds is 6. The number of hydrogen-bond acceptors (Lipinski definition) is 3. The summed E-state index contributed by atoms with van der Waals surface area (Å²) in [4.78, 5) is 0. The molecule has 3 nitrogen and oxygen atoms in total. The first kappa shape index (κ1) is 17.5. The van der Waals surface area contributed by atoms with Gasteiger partial charge in [-0.3, -0.25) is 0 Å². The average molecular weight is 344 g/mol. The number of hydrogen-bond donors (Lipinski definition) is 1. The van der Waals surface area contributed by atoms with Crippen molar-refractivity contribution in [2.45, 2.75) is 33.1 Å². The van der Waals surface area contributed by atoms with Crippen molar-refractivity contribution < 1.29 is 9.47 Å². The quantitative estimate of drug-likeness (QED) is 0.796. The first-order chi connectivity index (χ1) is 9.69. The molecule has 0 atom stereocenters. The summed E-state index contributed by atoms with van der Waals surface area (Å²) in [6, 6.07) is 5.94. The van der Waals surface area contributed by atoms with Crippen LogP contribution in [-0.4, -0.2) is 26.4 Å². The van der Waals surface area contributed by atoms with E-state index in [0.717, 1.165) is 41.3 Å². The van der Waals surface area contributed by atoms with E-state index < -0.39 is 0 Å². The van der Waals surface area contributed by atoms with E-state index in [1.165, 1.54) is 12.8 Å². The van der Waals surface area contributed by atoms with Crippen molar-refractivity contribution in [2.24, 2.45) is 11.7 Å². The third-order valence-electron chi connectivity index (χ3n) is 3.23. The zero-order chi connectivity index (χ0) is 14.8. The van der Waals surface area contributed by atoms with Gasteiger partial charge >= 0.3 is 0 Å². The zero-order valence-corrected chi connectivity index (χ0v) is 14.1. The summed E-state index contributed by atoms with van der Waals surface area (Å²) in [6.07, 6.45) is 3.57. The molecule has 4 heteroatoms. The highest BCUT2D eigenvalue weighted by Crippen LogP contribution is 2.25. The van der Waals surface area contributed by atoms with Crippen LogP contribution in [-0.2, 0) is 4.74 Å². The molecule has 1 aliphatic rings. The van der Waals surface area contributed by atoms with E-state index in [2.05, 4.69) is 22.9 Å². The molecule has 0 saturated carbocycles. The Morgan fingerprint density at radius 2 is 2.15 bits per heavy atom. The molecule has 0 spiro atoms. The van der Waals surface area contributed by atoms with Crippen LogP contribution in [0.1, 0.15) is 31.7 Å². The van der Waals surface area contributed by atoms with E-state index in [4.69, 9.17) is 15.2 Å². The molecule has 1 aromatic carbocycles. The van der Waals surface area contributed by atoms with Gasteiger partial charge in [-0.2, -0.15) is 0 Å². The second-order valence-electron chi connectivity index (χ2n) is 5.05. The Balaban J connectivity index is 0.000000240. The minimum atomic E-state index is 0.674. The second-order valence-corrected chi connectivity index (χ2v) is 5.90. The molecule has 1 aromatic rings. The van der Waals surface area contributed by atoms with Gasteiger partial charge in [-0.05, 0) is 38.4 Å². The van der Waals surface area contributed by atoms with E-state index in [1.54, 1.807) is 0 Å². The molecule has 1 aliphatic heterocycles. The predicted molar refractivity (Wildman–Crippen MR) is 87.3 cm³/mol. The van der Waals surface area contributed by atoms with Gasteiger partial charge in [-0.25, -0.2) is 0 Å². The Hall–Kier alpha value is -0.580. The van der Waals surface area contributed by atoms with Crippen LogP contribution in [0.5, 0.6) is 5.75 Å². The van der Waals surface area contributed by atoms with Crippen molar-refractivity contribution in [1.82, 2.24) is 0 Å². The van der Waals surface area contributed by atoms with Crippen LogP contribution in [0.2, 0.25) is 0 Å². The van der Waals surface area contributed by atoms with E-state index in [-0.39, 0.29) is 0 Å². The van der Waals surface area contributed by atoms with Crippen molar-refractivity contribution in [3.05, 3.63) is 28.2 Å². The van der Waals surface area contributed by atoms with Crippen LogP contribution >= 0.6 is 15.9 Å². The smallest absolute Gasteiger partial charge is 0.123 e. The van der Waals surface area contributed by atoms with E-state index >= 15 is 0 Å². The molecule has 0 amide bonds. The molecule has 0 aliphatic carbocycles. The van der Waals surface area contributed by atoms with Gasteiger partial charge in [0.15, 0.2) is 0 Å². The Morgan fingerprint density at radius 3 is 2.65 bits per heavy atom. The van der Waals surface area contributed by atoms with Gasteiger partial charge in [0.2, 0.25) is 0 Å². The highest BCUT2D eigenvalue weighted by molar-refractivity contribution is 9.10. The maximum atomic E-state index is 5.55. The van der Waals surface area contributed by atoms with Crippen LogP contribution in [0.3, 0.4) is 0 Å². The molecular formula is C16H26BrNO2. The molecule has 0 bridgehead atoms. The Bertz CT molecular complexity index is 381. The number of nitrogens with two attached hydrogens (primary N) is 1. The van der Waals surface area contributed by atoms with E-state index in [9.17, 15) is 0 Å². The SMILES string of the molecule is CCCC1COC1.Cc1c(Br)cccc1OCCCN. The fourth-order valence-electron chi connectivity index (χ4n) is 1.87. The van der Waals surface area contributed by atoms with Gasteiger partial charge in [0.05, 0.1) is 19.8 Å². The molecule has 2 rings (SSSR count). The largest absolute Gasteiger partial charge is 0.493 e. The maximum absolute atomic E-state index is 5.55. The molecule has 1 saturated heterocycles. The minimum absolute atomic E-state index is 0.674. The standard InChI is InChI=1S/C10H14BrNO.C6H12O/c1-8-9(11)4-2-5-10(8)13-7-3-6-12;1-2-3-6-4-7-5-6/h2,4-5H,3,6-7,12H2,1H3;6H,2-5H2,1H3. The normalized spacial score (nSPS) is 14.2. The lowest BCUT2D eigenvalue weighted by atomic mass is 10.0. The van der Waals surface area contributed by atoms with Gasteiger partial charge < -0.3 is 15.2 Å². The summed E-state index contributed by atoms with van der Waals surface area (Å²) in [5.41, 5.74) is 6.51. The lowest BCUT2D eigenvalue weighted by molar-refractivity contribution is -0.0356. The third kappa shape index (κ3) is 6.25. The zero-order valence-electron chi connectivity index (χ0n) is 12.5. The summed E-state index contributed by atoms with van der Waals surface area (Å²) >= 11 is 3.45. The van der Waals surface area contributed by atoms with Crippen molar-refractivity contribution in [3.63, 3.8) is 0 Å². The molecule has 0 radical (unpaired) electrons. The lowest BCUT2D eigenvalue weighted by Crippen LogP contribution is -2.26. The Kier molecular flexibility index (Phi) is 8.90. The highest BCUT2D eigenvalue weighted by atomic mass is 79.9. The molecule has 1 fully saturated rings. The topological polar surface area (TPSA) is 44.5 Å². The van der Waals surface area contributed by atoms with Crippen molar-refractivity contribution >= 4 is 15.9 Å². The highest BCUT2D eigenvalue weighted by Gasteiger charge is 2.15. The monoisotopic (exact) mass is 343 g/mol. The number of ether oxygens (including phenoxy) is 2. The molecule has 20 heavy (non-hydrogen) atoms. The first-order valence-corrected chi connectivity index (χ1v) is 8.14. The number of benzene rings is 1.